The van der Waals surface area contributed by atoms with E-state index >= 15 is 0 Å². The van der Waals surface area contributed by atoms with Crippen LogP contribution in [0.5, 0.6) is 5.75 Å². The molecule has 1 heterocycles. The van der Waals surface area contributed by atoms with Gasteiger partial charge in [0.15, 0.2) is 0 Å². The van der Waals surface area contributed by atoms with Gasteiger partial charge in [0.05, 0.1) is 19.9 Å². The van der Waals surface area contributed by atoms with Gasteiger partial charge in [0.1, 0.15) is 23.9 Å². The topological polar surface area (TPSA) is 72.2 Å². The van der Waals surface area contributed by atoms with Crippen LogP contribution in [-0.4, -0.2) is 55.0 Å². The van der Waals surface area contributed by atoms with Crippen molar-refractivity contribution in [3.05, 3.63) is 89.6 Å². The van der Waals surface area contributed by atoms with Crippen LogP contribution in [0.1, 0.15) is 35.0 Å². The molecule has 35 heavy (non-hydrogen) atoms. The van der Waals surface area contributed by atoms with Crippen molar-refractivity contribution in [3.8, 4) is 5.75 Å². The predicted octanol–water partition coefficient (Wildman–Crippen LogP) is 4.53. The highest BCUT2D eigenvalue weighted by Gasteiger charge is 2.23. The Morgan fingerprint density at radius 1 is 0.971 bits per heavy atom. The number of carbonyl (C=O) groups excluding carboxylic acids is 2. The largest absolute Gasteiger partial charge is 0.497 e. The molecule has 0 unspecified atom stereocenters. The van der Waals surface area contributed by atoms with Crippen molar-refractivity contribution in [3.63, 3.8) is 0 Å². The molecule has 1 aromatic heterocycles. The Morgan fingerprint density at radius 2 is 1.71 bits per heavy atom. The van der Waals surface area contributed by atoms with Crippen LogP contribution in [0.25, 0.3) is 0 Å². The van der Waals surface area contributed by atoms with Crippen molar-refractivity contribution < 1.29 is 27.9 Å². The number of methoxy groups -OCH3 is 1. The molecule has 3 rings (SSSR count). The Bertz CT molecular complexity index is 1050. The van der Waals surface area contributed by atoms with E-state index in [1.807, 2.05) is 6.92 Å². The van der Waals surface area contributed by atoms with Crippen LogP contribution in [-0.2, 0) is 22.6 Å². The first-order chi connectivity index (χ1) is 17.0. The molecule has 186 valence electrons. The van der Waals surface area contributed by atoms with Crippen molar-refractivity contribution >= 4 is 11.8 Å². The molecule has 0 N–H and O–H groups in total. The minimum Gasteiger partial charge on any atom is -0.497 e. The summed E-state index contributed by atoms with van der Waals surface area (Å²) in [5.74, 6) is 0.415. The summed E-state index contributed by atoms with van der Waals surface area (Å²) in [6.45, 7) is 3.71. The second kappa shape index (κ2) is 13.3. The predicted molar refractivity (Wildman–Crippen MR) is 129 cm³/mol. The Morgan fingerprint density at radius 3 is 2.34 bits per heavy atom. The number of carbonyl (C=O) groups is 2. The van der Waals surface area contributed by atoms with Crippen LogP contribution in [0.15, 0.2) is 71.3 Å². The summed E-state index contributed by atoms with van der Waals surface area (Å²) in [7, 11) is 1.56. The highest BCUT2D eigenvalue weighted by molar-refractivity contribution is 5.96. The van der Waals surface area contributed by atoms with Gasteiger partial charge < -0.3 is 23.7 Å². The number of halogens is 1. The molecule has 0 aliphatic carbocycles. The molecule has 3 aromatic rings. The van der Waals surface area contributed by atoms with Crippen LogP contribution < -0.4 is 4.74 Å². The third kappa shape index (κ3) is 7.96. The van der Waals surface area contributed by atoms with Crippen molar-refractivity contribution in [1.29, 1.82) is 0 Å². The molecule has 0 spiro atoms. The van der Waals surface area contributed by atoms with Gasteiger partial charge >= 0.3 is 0 Å². The van der Waals surface area contributed by atoms with Crippen LogP contribution in [0.2, 0.25) is 0 Å². The molecule has 0 atom stereocenters. The maximum atomic E-state index is 13.4. The van der Waals surface area contributed by atoms with Crippen molar-refractivity contribution in [2.24, 2.45) is 0 Å². The number of rotatable bonds is 13. The van der Waals surface area contributed by atoms with Gasteiger partial charge in [-0.2, -0.15) is 0 Å². The zero-order chi connectivity index (χ0) is 25.0. The minimum atomic E-state index is -0.344. The van der Waals surface area contributed by atoms with Gasteiger partial charge in [-0.05, 0) is 67.4 Å². The average Bonchev–Trinajstić information content (AvgIpc) is 3.39. The summed E-state index contributed by atoms with van der Waals surface area (Å²) >= 11 is 0. The lowest BCUT2D eigenvalue weighted by Gasteiger charge is -2.27. The van der Waals surface area contributed by atoms with Crippen LogP contribution in [0.4, 0.5) is 4.39 Å². The Kier molecular flexibility index (Phi) is 9.86. The first-order valence-corrected chi connectivity index (χ1v) is 11.6. The molecule has 2 amide bonds. The highest BCUT2D eigenvalue weighted by Crippen LogP contribution is 2.16. The maximum Gasteiger partial charge on any atom is 0.254 e. The highest BCUT2D eigenvalue weighted by atomic mass is 19.1. The van der Waals surface area contributed by atoms with E-state index in [0.717, 1.165) is 5.56 Å². The molecule has 0 aliphatic rings. The second-order valence-electron chi connectivity index (χ2n) is 7.96. The average molecular weight is 483 g/mol. The van der Waals surface area contributed by atoms with Crippen LogP contribution >= 0.6 is 0 Å². The number of furan rings is 1. The van der Waals surface area contributed by atoms with E-state index in [1.165, 1.54) is 17.0 Å². The molecule has 0 fully saturated rings. The summed E-state index contributed by atoms with van der Waals surface area (Å²) in [6.07, 6.45) is 2.14. The van der Waals surface area contributed by atoms with Gasteiger partial charge in [-0.1, -0.05) is 12.1 Å². The smallest absolute Gasteiger partial charge is 0.254 e. The first-order valence-electron chi connectivity index (χ1n) is 11.6. The Balaban J connectivity index is 1.78. The van der Waals surface area contributed by atoms with Gasteiger partial charge in [0, 0.05) is 31.9 Å². The molecular weight excluding hydrogens is 451 g/mol. The molecule has 0 bridgehead atoms. The van der Waals surface area contributed by atoms with Gasteiger partial charge in [0.2, 0.25) is 5.91 Å². The molecule has 0 saturated heterocycles. The fourth-order valence-corrected chi connectivity index (χ4v) is 3.57. The summed E-state index contributed by atoms with van der Waals surface area (Å²) in [6, 6.07) is 16.3. The molecule has 0 saturated carbocycles. The van der Waals surface area contributed by atoms with Crippen molar-refractivity contribution in [2.75, 3.05) is 33.4 Å². The van der Waals surface area contributed by atoms with E-state index in [1.54, 1.807) is 66.8 Å². The quantitative estimate of drug-likeness (QED) is 0.335. The monoisotopic (exact) mass is 482 g/mol. The van der Waals surface area contributed by atoms with E-state index in [4.69, 9.17) is 13.9 Å². The Labute approximate surface area is 205 Å². The third-order valence-electron chi connectivity index (χ3n) is 5.44. The number of hydrogen-bond donors (Lipinski definition) is 0. The molecular formula is C27H31FN2O5. The van der Waals surface area contributed by atoms with Crippen molar-refractivity contribution in [1.82, 2.24) is 9.80 Å². The van der Waals surface area contributed by atoms with E-state index in [0.29, 0.717) is 43.3 Å². The van der Waals surface area contributed by atoms with Gasteiger partial charge in [-0.25, -0.2) is 4.39 Å². The number of ether oxygens (including phenoxy) is 2. The fourth-order valence-electron chi connectivity index (χ4n) is 3.57. The van der Waals surface area contributed by atoms with Crippen molar-refractivity contribution in [2.45, 2.75) is 26.4 Å². The maximum absolute atomic E-state index is 13.4. The summed E-state index contributed by atoms with van der Waals surface area (Å²) in [5.41, 5.74) is 1.24. The lowest BCUT2D eigenvalue weighted by atomic mass is 10.1. The minimum absolute atomic E-state index is 0.112. The fraction of sp³-hybridized carbons (Fsp3) is 0.333. The van der Waals surface area contributed by atoms with E-state index in [2.05, 4.69) is 0 Å². The van der Waals surface area contributed by atoms with E-state index < -0.39 is 0 Å². The Hall–Kier alpha value is -3.65. The number of benzene rings is 2. The summed E-state index contributed by atoms with van der Waals surface area (Å²) in [4.78, 5) is 29.9. The number of hydrogen-bond acceptors (Lipinski definition) is 5. The van der Waals surface area contributed by atoms with E-state index in [9.17, 15) is 14.0 Å². The second-order valence-corrected chi connectivity index (χ2v) is 7.96. The van der Waals surface area contributed by atoms with Crippen LogP contribution in [0.3, 0.4) is 0 Å². The molecule has 0 radical (unpaired) electrons. The lowest BCUT2D eigenvalue weighted by Crippen LogP contribution is -2.43. The summed E-state index contributed by atoms with van der Waals surface area (Å²) < 4.78 is 29.4. The third-order valence-corrected chi connectivity index (χ3v) is 5.44. The van der Waals surface area contributed by atoms with Gasteiger partial charge in [-0.3, -0.25) is 9.59 Å². The first kappa shape index (κ1) is 26.0. The van der Waals surface area contributed by atoms with Gasteiger partial charge in [0.25, 0.3) is 5.91 Å². The summed E-state index contributed by atoms with van der Waals surface area (Å²) in [5, 5.41) is 0. The normalized spacial score (nSPS) is 10.7. The lowest BCUT2D eigenvalue weighted by molar-refractivity contribution is -0.133. The zero-order valence-electron chi connectivity index (χ0n) is 20.1. The molecule has 8 heteroatoms. The number of amides is 2. The SMILES string of the molecule is CCOCCCN(CC(=O)N(Cc1ccc(F)cc1)Cc1ccco1)C(=O)c1ccc(OC)cc1. The zero-order valence-corrected chi connectivity index (χ0v) is 20.1. The number of nitrogens with zero attached hydrogens (tertiary/aromatic N) is 2. The standard InChI is InChI=1S/C27H31FN2O5/c1-3-34-16-5-15-29(27(32)22-9-13-24(33-2)14-10-22)20-26(31)30(19-25-6-4-17-35-25)18-21-7-11-23(28)12-8-21/h4,6-14,17H,3,5,15-16,18-20H2,1-2H3. The van der Waals surface area contributed by atoms with Gasteiger partial charge in [-0.15, -0.1) is 0 Å². The molecule has 2 aromatic carbocycles. The molecule has 0 aliphatic heterocycles. The van der Waals surface area contributed by atoms with E-state index in [-0.39, 0.29) is 37.3 Å². The molecule has 7 nitrogen and oxygen atoms in total. The van der Waals surface area contributed by atoms with Crippen LogP contribution in [0, 0.1) is 5.82 Å².